The van der Waals surface area contributed by atoms with Crippen molar-refractivity contribution >= 4 is 22.7 Å². The van der Waals surface area contributed by atoms with Crippen LogP contribution in [0.3, 0.4) is 0 Å². The molecule has 2 aliphatic rings. The van der Waals surface area contributed by atoms with E-state index in [0.29, 0.717) is 0 Å². The lowest BCUT2D eigenvalue weighted by Crippen LogP contribution is -2.62. The van der Waals surface area contributed by atoms with Crippen LogP contribution in [0.15, 0.2) is 72.1 Å². The van der Waals surface area contributed by atoms with Gasteiger partial charge in [-0.3, -0.25) is 9.00 Å². The zero-order chi connectivity index (χ0) is 18.1. The number of carbonyl (C=O) groups is 2. The van der Waals surface area contributed by atoms with E-state index in [1.165, 1.54) is 16.4 Å². The Hall–Kier alpha value is -2.73. The lowest BCUT2D eigenvalue weighted by molar-refractivity contribution is -0.162. The minimum Gasteiger partial charge on any atom is -0.451 e. The van der Waals surface area contributed by atoms with Gasteiger partial charge in [0, 0.05) is 5.41 Å². The summed E-state index contributed by atoms with van der Waals surface area (Å²) in [4.78, 5) is 26.1. The van der Waals surface area contributed by atoms with Gasteiger partial charge in [-0.25, -0.2) is 4.79 Å². The van der Waals surface area contributed by atoms with Gasteiger partial charge in [-0.05, 0) is 17.2 Å². The lowest BCUT2D eigenvalue weighted by Gasteiger charge is -2.44. The van der Waals surface area contributed by atoms with Crippen LogP contribution in [-0.2, 0) is 25.1 Å². The van der Waals surface area contributed by atoms with E-state index in [1.54, 1.807) is 0 Å². The molecule has 132 valence electrons. The van der Waals surface area contributed by atoms with E-state index < -0.39 is 34.3 Å². The van der Waals surface area contributed by atoms with Gasteiger partial charge in [0.2, 0.25) is 5.91 Å². The Balaban J connectivity index is 1.62. The fourth-order valence-electron chi connectivity index (χ4n) is 3.23. The number of fused-ring (bicyclic) bond motifs is 1. The van der Waals surface area contributed by atoms with E-state index in [1.807, 2.05) is 60.7 Å². The zero-order valence-corrected chi connectivity index (χ0v) is 14.7. The molecular weight excluding hydrogens is 350 g/mol. The number of hydrogen-bond acceptors (Lipinski definition) is 4. The third-order valence-electron chi connectivity index (χ3n) is 4.59. The molecule has 1 saturated heterocycles. The molecule has 2 heterocycles. The summed E-state index contributed by atoms with van der Waals surface area (Å²) in [5, 5.41) is 1.07. The molecule has 1 fully saturated rings. The molecule has 0 radical (unpaired) electrons. The number of β-lactam (4-membered cyclic amide) rings is 1. The van der Waals surface area contributed by atoms with Gasteiger partial charge in [0.25, 0.3) is 0 Å². The van der Waals surface area contributed by atoms with Crippen LogP contribution in [0.25, 0.3) is 0 Å². The molecule has 0 bridgehead atoms. The average Bonchev–Trinajstić information content (AvgIpc) is 2.67. The number of carbonyl (C=O) groups excluding carboxylic acids is 2. The molecule has 0 spiro atoms. The maximum absolute atomic E-state index is 12.8. The number of esters is 1. The van der Waals surface area contributed by atoms with Crippen molar-refractivity contribution in [1.29, 1.82) is 0 Å². The van der Waals surface area contributed by atoms with Gasteiger partial charge in [0.1, 0.15) is 11.4 Å². The minimum atomic E-state index is -1.25. The van der Waals surface area contributed by atoms with E-state index >= 15 is 0 Å². The molecule has 2 aliphatic heterocycles. The zero-order valence-electron chi connectivity index (χ0n) is 13.9. The summed E-state index contributed by atoms with van der Waals surface area (Å²) in [6.45, 7) is 0. The number of benzene rings is 2. The van der Waals surface area contributed by atoms with Gasteiger partial charge in [0.05, 0.1) is 17.2 Å². The van der Waals surface area contributed by atoms with Gasteiger partial charge >= 0.3 is 5.97 Å². The third kappa shape index (κ3) is 2.97. The van der Waals surface area contributed by atoms with E-state index in [2.05, 4.69) is 0 Å². The summed E-state index contributed by atoms with van der Waals surface area (Å²) >= 11 is 0. The molecule has 6 heteroatoms. The number of hydrogen-bond donors (Lipinski definition) is 0. The fraction of sp³-hybridized carbons (Fsp3) is 0.200. The van der Waals surface area contributed by atoms with Gasteiger partial charge in [0.15, 0.2) is 6.10 Å². The van der Waals surface area contributed by atoms with Crippen LogP contribution < -0.4 is 0 Å². The van der Waals surface area contributed by atoms with Crippen LogP contribution in [0.4, 0.5) is 0 Å². The number of ether oxygens (including phenoxy) is 1. The van der Waals surface area contributed by atoms with Gasteiger partial charge in [-0.15, -0.1) is 0 Å². The highest BCUT2D eigenvalue weighted by molar-refractivity contribution is 7.88. The maximum atomic E-state index is 12.8. The normalized spacial score (nSPS) is 24.1. The Morgan fingerprint density at radius 3 is 2.15 bits per heavy atom. The fourth-order valence-corrected chi connectivity index (χ4v) is 4.49. The number of amides is 1. The predicted octanol–water partition coefficient (Wildman–Crippen LogP) is 2.52. The highest BCUT2D eigenvalue weighted by Crippen LogP contribution is 2.33. The molecular formula is C20H17NO4S. The molecule has 2 aromatic rings. The van der Waals surface area contributed by atoms with Crippen molar-refractivity contribution in [2.45, 2.75) is 23.9 Å². The lowest BCUT2D eigenvalue weighted by atomic mass is 10.0. The van der Waals surface area contributed by atoms with Crippen LogP contribution in [-0.4, -0.2) is 32.4 Å². The predicted molar refractivity (Wildman–Crippen MR) is 97.1 cm³/mol. The Morgan fingerprint density at radius 2 is 1.62 bits per heavy atom. The molecule has 26 heavy (non-hydrogen) atoms. The van der Waals surface area contributed by atoms with E-state index in [-0.39, 0.29) is 12.3 Å². The molecule has 5 nitrogen and oxygen atoms in total. The average molecular weight is 367 g/mol. The van der Waals surface area contributed by atoms with Crippen molar-refractivity contribution < 1.29 is 18.5 Å². The molecule has 0 saturated carbocycles. The smallest absolute Gasteiger partial charge is 0.333 e. The van der Waals surface area contributed by atoms with Crippen molar-refractivity contribution in [3.63, 3.8) is 0 Å². The van der Waals surface area contributed by atoms with Crippen molar-refractivity contribution in [3.8, 4) is 0 Å². The summed E-state index contributed by atoms with van der Waals surface area (Å²) in [6, 6.07) is 18.1. The molecule has 3 unspecified atom stereocenters. The summed E-state index contributed by atoms with van der Waals surface area (Å²) < 4.78 is 17.7. The van der Waals surface area contributed by atoms with Crippen LogP contribution in [0, 0.1) is 0 Å². The Morgan fingerprint density at radius 1 is 1.04 bits per heavy atom. The van der Waals surface area contributed by atoms with Crippen molar-refractivity contribution in [1.82, 2.24) is 4.90 Å². The summed E-state index contributed by atoms with van der Waals surface area (Å²) in [6.07, 6.45) is 1.14. The molecule has 0 N–H and O–H groups in total. The molecule has 0 aliphatic carbocycles. The topological polar surface area (TPSA) is 63.7 Å². The molecule has 1 amide bonds. The largest absolute Gasteiger partial charge is 0.451 e. The quantitative estimate of drug-likeness (QED) is 0.615. The monoisotopic (exact) mass is 367 g/mol. The van der Waals surface area contributed by atoms with Gasteiger partial charge in [-0.2, -0.15) is 0 Å². The Bertz CT molecular complexity index is 842. The van der Waals surface area contributed by atoms with Crippen LogP contribution in [0.1, 0.15) is 23.7 Å². The first kappa shape index (κ1) is 16.7. The second-order valence-corrected chi connectivity index (χ2v) is 7.67. The second-order valence-electron chi connectivity index (χ2n) is 6.20. The Labute approximate surface area is 153 Å². The maximum Gasteiger partial charge on any atom is 0.333 e. The molecule has 3 atom stereocenters. The van der Waals surface area contributed by atoms with Crippen molar-refractivity contribution in [2.24, 2.45) is 0 Å². The molecule has 2 aromatic carbocycles. The molecule has 4 rings (SSSR count). The third-order valence-corrected chi connectivity index (χ3v) is 5.95. The SMILES string of the molecule is O=C(OC(c1ccccc1)c1ccccc1)C1C=CS(=O)C2CC(=O)N12. The van der Waals surface area contributed by atoms with E-state index in [4.69, 9.17) is 4.74 Å². The van der Waals surface area contributed by atoms with Gasteiger partial charge < -0.3 is 9.64 Å². The van der Waals surface area contributed by atoms with E-state index in [9.17, 15) is 13.8 Å². The summed E-state index contributed by atoms with van der Waals surface area (Å²) in [7, 11) is -1.25. The van der Waals surface area contributed by atoms with Crippen molar-refractivity contribution in [2.75, 3.05) is 0 Å². The standard InChI is InChI=1S/C20H17NO4S/c22-17-13-18-21(17)16(11-12-26(18)24)20(23)25-19(14-7-3-1-4-8-14)15-9-5-2-6-10-15/h1-12,16,18-19H,13H2. The Kier molecular flexibility index (Phi) is 4.42. The summed E-state index contributed by atoms with van der Waals surface area (Å²) in [5.41, 5.74) is 1.70. The van der Waals surface area contributed by atoms with Crippen LogP contribution >= 0.6 is 0 Å². The number of nitrogens with zero attached hydrogens (tertiary/aromatic N) is 1. The summed E-state index contributed by atoms with van der Waals surface area (Å²) in [5.74, 6) is -0.695. The molecule has 0 aromatic heterocycles. The van der Waals surface area contributed by atoms with E-state index in [0.717, 1.165) is 11.1 Å². The highest BCUT2D eigenvalue weighted by atomic mass is 32.2. The first-order valence-electron chi connectivity index (χ1n) is 8.34. The van der Waals surface area contributed by atoms with Crippen LogP contribution in [0.2, 0.25) is 0 Å². The van der Waals surface area contributed by atoms with Crippen molar-refractivity contribution in [3.05, 3.63) is 83.3 Å². The first-order chi connectivity index (χ1) is 12.6. The highest BCUT2D eigenvalue weighted by Gasteiger charge is 2.48. The first-order valence-corrected chi connectivity index (χ1v) is 9.62. The minimum absolute atomic E-state index is 0.175. The second kappa shape index (κ2) is 6.88. The van der Waals surface area contributed by atoms with Gasteiger partial charge in [-0.1, -0.05) is 60.7 Å². The van der Waals surface area contributed by atoms with Crippen LogP contribution in [0.5, 0.6) is 0 Å². The number of rotatable bonds is 4.